The van der Waals surface area contributed by atoms with E-state index in [2.05, 4.69) is 22.3 Å². The lowest BCUT2D eigenvalue weighted by Gasteiger charge is -2.26. The summed E-state index contributed by atoms with van der Waals surface area (Å²) in [6, 6.07) is 10.2. The van der Waals surface area contributed by atoms with Crippen molar-refractivity contribution >= 4 is 5.91 Å². The average molecular weight is 289 g/mol. The maximum Gasteiger partial charge on any atom is 0.223 e. The smallest absolute Gasteiger partial charge is 0.223 e. The number of hydrogen-bond acceptors (Lipinski definition) is 3. The highest BCUT2D eigenvalue weighted by Gasteiger charge is 2.33. The molecule has 1 aliphatic carbocycles. The van der Waals surface area contributed by atoms with Crippen LogP contribution in [0.1, 0.15) is 30.9 Å². The lowest BCUT2D eigenvalue weighted by atomic mass is 9.94. The van der Waals surface area contributed by atoms with Gasteiger partial charge in [0.2, 0.25) is 5.91 Å². The van der Waals surface area contributed by atoms with E-state index in [9.17, 15) is 4.79 Å². The van der Waals surface area contributed by atoms with Gasteiger partial charge in [-0.05, 0) is 45.0 Å². The highest BCUT2D eigenvalue weighted by Crippen LogP contribution is 2.31. The molecular formula is C17H27N3O. The van der Waals surface area contributed by atoms with Gasteiger partial charge in [0.15, 0.2) is 0 Å². The average Bonchev–Trinajstić information content (AvgIpc) is 2.95. The molecule has 0 aliphatic heterocycles. The number of likely N-dealkylation sites (N-methyl/N-ethyl adjacent to an activating group) is 1. The molecule has 3 N–H and O–H groups in total. The minimum Gasteiger partial charge on any atom is -0.348 e. The molecule has 0 spiro atoms. The molecule has 1 aromatic rings. The van der Waals surface area contributed by atoms with E-state index in [1.165, 1.54) is 0 Å². The molecule has 0 saturated heterocycles. The molecule has 0 radical (unpaired) electrons. The molecule has 1 amide bonds. The van der Waals surface area contributed by atoms with Crippen LogP contribution in [0.25, 0.3) is 0 Å². The van der Waals surface area contributed by atoms with Gasteiger partial charge in [-0.1, -0.05) is 36.8 Å². The van der Waals surface area contributed by atoms with Crippen LogP contribution in [0, 0.1) is 11.8 Å². The van der Waals surface area contributed by atoms with Gasteiger partial charge in [0.1, 0.15) is 0 Å². The number of nitrogens with one attached hydrogen (secondary N) is 1. The van der Waals surface area contributed by atoms with E-state index in [1.807, 2.05) is 32.3 Å². The third-order valence-electron chi connectivity index (χ3n) is 4.36. The maximum absolute atomic E-state index is 12.6. The lowest BCUT2D eigenvalue weighted by Crippen LogP contribution is -2.40. The zero-order valence-corrected chi connectivity index (χ0v) is 13.1. The number of nitrogens with two attached hydrogens (primary N) is 1. The second-order valence-corrected chi connectivity index (χ2v) is 6.27. The quantitative estimate of drug-likeness (QED) is 0.839. The Balaban J connectivity index is 2.06. The number of hydrogen-bond donors (Lipinski definition) is 2. The van der Waals surface area contributed by atoms with E-state index < -0.39 is 0 Å². The van der Waals surface area contributed by atoms with Crippen LogP contribution in [0.4, 0.5) is 0 Å². The van der Waals surface area contributed by atoms with Gasteiger partial charge >= 0.3 is 0 Å². The molecule has 1 aliphatic rings. The number of nitrogens with zero attached hydrogens (tertiary/aromatic N) is 1. The van der Waals surface area contributed by atoms with Crippen molar-refractivity contribution in [1.29, 1.82) is 0 Å². The van der Waals surface area contributed by atoms with Crippen LogP contribution in [0.3, 0.4) is 0 Å². The summed E-state index contributed by atoms with van der Waals surface area (Å²) in [6.07, 6.45) is 3.17. The fourth-order valence-electron chi connectivity index (χ4n) is 3.23. The van der Waals surface area contributed by atoms with Crippen molar-refractivity contribution in [2.75, 3.05) is 27.2 Å². The second-order valence-electron chi connectivity index (χ2n) is 6.27. The molecule has 4 heteroatoms. The van der Waals surface area contributed by atoms with Crippen LogP contribution < -0.4 is 11.1 Å². The molecule has 0 heterocycles. The van der Waals surface area contributed by atoms with Gasteiger partial charge < -0.3 is 16.0 Å². The molecule has 1 aromatic carbocycles. The first kappa shape index (κ1) is 16.0. The van der Waals surface area contributed by atoms with E-state index in [1.54, 1.807) is 0 Å². The van der Waals surface area contributed by atoms with Crippen LogP contribution in [0.5, 0.6) is 0 Å². The van der Waals surface area contributed by atoms with Crippen LogP contribution >= 0.6 is 0 Å². The number of carbonyl (C=O) groups is 1. The summed E-state index contributed by atoms with van der Waals surface area (Å²) in [5.41, 5.74) is 6.95. The Morgan fingerprint density at radius 2 is 2.05 bits per heavy atom. The van der Waals surface area contributed by atoms with E-state index in [0.29, 0.717) is 12.5 Å². The van der Waals surface area contributed by atoms with E-state index in [-0.39, 0.29) is 17.9 Å². The summed E-state index contributed by atoms with van der Waals surface area (Å²) in [7, 11) is 4.06. The first-order valence-electron chi connectivity index (χ1n) is 7.82. The predicted octanol–water partition coefficient (Wildman–Crippen LogP) is 1.78. The third kappa shape index (κ3) is 4.29. The zero-order chi connectivity index (χ0) is 15.2. The highest BCUT2D eigenvalue weighted by molar-refractivity contribution is 5.79. The first-order chi connectivity index (χ1) is 10.1. The third-order valence-corrected chi connectivity index (χ3v) is 4.36. The van der Waals surface area contributed by atoms with E-state index in [0.717, 1.165) is 31.4 Å². The van der Waals surface area contributed by atoms with Crippen molar-refractivity contribution in [3.63, 3.8) is 0 Å². The van der Waals surface area contributed by atoms with Crippen molar-refractivity contribution in [3.8, 4) is 0 Å². The van der Waals surface area contributed by atoms with Gasteiger partial charge in [0, 0.05) is 12.5 Å². The number of carbonyl (C=O) groups excluding carboxylic acids is 1. The SMILES string of the molecule is CN(C)CC(NC(=O)[C@@H]1CCC[C@@H]1CN)c1ccccc1. The minimum absolute atomic E-state index is 0.0349. The largest absolute Gasteiger partial charge is 0.348 e. The van der Waals surface area contributed by atoms with Gasteiger partial charge in [-0.2, -0.15) is 0 Å². The van der Waals surface area contributed by atoms with Gasteiger partial charge in [-0.25, -0.2) is 0 Å². The highest BCUT2D eigenvalue weighted by atomic mass is 16.2. The molecule has 21 heavy (non-hydrogen) atoms. The predicted molar refractivity (Wildman–Crippen MR) is 85.8 cm³/mol. The summed E-state index contributed by atoms with van der Waals surface area (Å²) in [4.78, 5) is 14.7. The molecule has 0 aromatic heterocycles. The van der Waals surface area contributed by atoms with Crippen molar-refractivity contribution in [3.05, 3.63) is 35.9 Å². The number of rotatable bonds is 6. The molecule has 2 rings (SSSR count). The first-order valence-corrected chi connectivity index (χ1v) is 7.82. The number of amides is 1. The summed E-state index contributed by atoms with van der Waals surface area (Å²) in [6.45, 7) is 1.41. The molecule has 3 atom stereocenters. The Morgan fingerprint density at radius 1 is 1.33 bits per heavy atom. The Labute approximate surface area is 127 Å². The summed E-state index contributed by atoms with van der Waals surface area (Å²) in [5, 5.41) is 3.23. The molecule has 1 fully saturated rings. The van der Waals surface area contributed by atoms with Crippen LogP contribution in [0.2, 0.25) is 0 Å². The molecule has 1 unspecified atom stereocenters. The standard InChI is InChI=1S/C17H27N3O/c1-20(2)12-16(13-7-4-3-5-8-13)19-17(21)15-10-6-9-14(15)11-18/h3-5,7-8,14-16H,6,9-12,18H2,1-2H3,(H,19,21)/t14-,15-,16?/m1/s1. The van der Waals surface area contributed by atoms with Gasteiger partial charge in [0.05, 0.1) is 6.04 Å². The Bertz CT molecular complexity index is 447. The van der Waals surface area contributed by atoms with Crippen molar-refractivity contribution < 1.29 is 4.79 Å². The van der Waals surface area contributed by atoms with Crippen molar-refractivity contribution in [1.82, 2.24) is 10.2 Å². The maximum atomic E-state index is 12.6. The second kappa shape index (κ2) is 7.57. The van der Waals surface area contributed by atoms with Gasteiger partial charge in [-0.3, -0.25) is 4.79 Å². The van der Waals surface area contributed by atoms with Crippen molar-refractivity contribution in [2.45, 2.75) is 25.3 Å². The normalized spacial score (nSPS) is 23.2. The van der Waals surface area contributed by atoms with Crippen LogP contribution in [-0.2, 0) is 4.79 Å². The lowest BCUT2D eigenvalue weighted by molar-refractivity contribution is -0.126. The van der Waals surface area contributed by atoms with Gasteiger partial charge in [0.25, 0.3) is 0 Å². The molecular weight excluding hydrogens is 262 g/mol. The summed E-state index contributed by atoms with van der Waals surface area (Å²) in [5.74, 6) is 0.600. The number of benzene rings is 1. The Hall–Kier alpha value is -1.39. The summed E-state index contributed by atoms with van der Waals surface area (Å²) >= 11 is 0. The van der Waals surface area contributed by atoms with Crippen molar-refractivity contribution in [2.24, 2.45) is 17.6 Å². The fourth-order valence-corrected chi connectivity index (χ4v) is 3.23. The Kier molecular flexibility index (Phi) is 5.76. The minimum atomic E-state index is 0.0349. The molecule has 0 bridgehead atoms. The summed E-state index contributed by atoms with van der Waals surface area (Å²) < 4.78 is 0. The van der Waals surface area contributed by atoms with Gasteiger partial charge in [-0.15, -0.1) is 0 Å². The Morgan fingerprint density at radius 3 is 2.67 bits per heavy atom. The van der Waals surface area contributed by atoms with Crippen LogP contribution in [0.15, 0.2) is 30.3 Å². The fraction of sp³-hybridized carbons (Fsp3) is 0.588. The monoisotopic (exact) mass is 289 g/mol. The topological polar surface area (TPSA) is 58.4 Å². The van der Waals surface area contributed by atoms with E-state index >= 15 is 0 Å². The molecule has 116 valence electrons. The molecule has 1 saturated carbocycles. The van der Waals surface area contributed by atoms with E-state index in [4.69, 9.17) is 5.73 Å². The zero-order valence-electron chi connectivity index (χ0n) is 13.1. The molecule has 4 nitrogen and oxygen atoms in total. The van der Waals surface area contributed by atoms with Crippen LogP contribution in [-0.4, -0.2) is 38.0 Å².